The van der Waals surface area contributed by atoms with E-state index in [-0.39, 0.29) is 18.1 Å². The van der Waals surface area contributed by atoms with Crippen molar-refractivity contribution in [3.8, 4) is 0 Å². The number of hydrogen-bond donors (Lipinski definition) is 3. The van der Waals surface area contributed by atoms with Crippen molar-refractivity contribution in [3.05, 3.63) is 69.6 Å². The number of aromatic nitrogens is 2. The zero-order valence-electron chi connectivity index (χ0n) is 15.2. The van der Waals surface area contributed by atoms with Gasteiger partial charge in [0.15, 0.2) is 0 Å². The molecule has 1 atom stereocenters. The highest BCUT2D eigenvalue weighted by molar-refractivity contribution is 5.97. The van der Waals surface area contributed by atoms with Crippen molar-refractivity contribution < 1.29 is 14.7 Å². The number of fused-ring (bicyclic) bond motifs is 1. The molecule has 0 aliphatic carbocycles. The van der Waals surface area contributed by atoms with Crippen molar-refractivity contribution in [3.63, 3.8) is 0 Å². The SMILES string of the molecule is Cc1cccc(CC(CNC(=O)c2ccc3[nH]c(=O)n(C)c3c2)C(=O)O)c1. The first kappa shape index (κ1) is 18.4. The van der Waals surface area contributed by atoms with Gasteiger partial charge in [-0.3, -0.25) is 14.2 Å². The summed E-state index contributed by atoms with van der Waals surface area (Å²) < 4.78 is 1.42. The Bertz CT molecular complexity index is 1060. The maximum Gasteiger partial charge on any atom is 0.326 e. The predicted octanol–water partition coefficient (Wildman–Crippen LogP) is 1.85. The van der Waals surface area contributed by atoms with Crippen LogP contribution in [0, 0.1) is 12.8 Å². The van der Waals surface area contributed by atoms with E-state index in [1.54, 1.807) is 25.2 Å². The minimum Gasteiger partial charge on any atom is -0.481 e. The second-order valence-electron chi connectivity index (χ2n) is 6.66. The average molecular weight is 367 g/mol. The molecule has 0 bridgehead atoms. The van der Waals surface area contributed by atoms with Crippen LogP contribution in [0.3, 0.4) is 0 Å². The van der Waals surface area contributed by atoms with E-state index in [4.69, 9.17) is 0 Å². The normalized spacial score (nSPS) is 12.1. The number of aromatic amines is 1. The van der Waals surface area contributed by atoms with Crippen LogP contribution in [0.15, 0.2) is 47.3 Å². The van der Waals surface area contributed by atoms with E-state index in [2.05, 4.69) is 10.3 Å². The maximum atomic E-state index is 12.4. The topological polar surface area (TPSA) is 104 Å². The van der Waals surface area contributed by atoms with Crippen LogP contribution >= 0.6 is 0 Å². The third kappa shape index (κ3) is 4.08. The Morgan fingerprint density at radius 3 is 2.70 bits per heavy atom. The number of benzene rings is 2. The molecule has 7 heteroatoms. The third-order valence-corrected chi connectivity index (χ3v) is 4.59. The van der Waals surface area contributed by atoms with Gasteiger partial charge in [-0.1, -0.05) is 29.8 Å². The molecule has 0 aliphatic rings. The molecule has 2 aromatic carbocycles. The monoisotopic (exact) mass is 367 g/mol. The van der Waals surface area contributed by atoms with E-state index < -0.39 is 11.9 Å². The Balaban J connectivity index is 1.71. The van der Waals surface area contributed by atoms with Gasteiger partial charge in [-0.15, -0.1) is 0 Å². The quantitative estimate of drug-likeness (QED) is 0.618. The number of nitrogens with zero attached hydrogens (tertiary/aromatic N) is 1. The van der Waals surface area contributed by atoms with E-state index in [0.717, 1.165) is 11.1 Å². The summed E-state index contributed by atoms with van der Waals surface area (Å²) in [4.78, 5) is 38.3. The summed E-state index contributed by atoms with van der Waals surface area (Å²) >= 11 is 0. The number of carbonyl (C=O) groups excluding carboxylic acids is 1. The van der Waals surface area contributed by atoms with Crippen molar-refractivity contribution in [2.75, 3.05) is 6.54 Å². The van der Waals surface area contributed by atoms with Crippen LogP contribution in [0.4, 0.5) is 0 Å². The van der Waals surface area contributed by atoms with Gasteiger partial charge in [-0.05, 0) is 37.1 Å². The molecule has 3 N–H and O–H groups in total. The van der Waals surface area contributed by atoms with Gasteiger partial charge in [-0.2, -0.15) is 0 Å². The number of hydrogen-bond acceptors (Lipinski definition) is 3. The molecule has 1 unspecified atom stereocenters. The number of carboxylic acid groups (broad SMARTS) is 1. The van der Waals surface area contributed by atoms with Gasteiger partial charge >= 0.3 is 11.7 Å². The minimum atomic E-state index is -0.958. The maximum absolute atomic E-state index is 12.4. The molecule has 27 heavy (non-hydrogen) atoms. The number of H-pyrrole nitrogens is 1. The molecule has 1 aromatic heterocycles. The second-order valence-corrected chi connectivity index (χ2v) is 6.66. The molecular formula is C20H21N3O4. The summed E-state index contributed by atoms with van der Waals surface area (Å²) in [5.74, 6) is -2.06. The summed E-state index contributed by atoms with van der Waals surface area (Å²) in [6.45, 7) is 1.97. The Morgan fingerprint density at radius 2 is 2.00 bits per heavy atom. The van der Waals surface area contributed by atoms with Gasteiger partial charge in [0.2, 0.25) is 0 Å². The van der Waals surface area contributed by atoms with E-state index in [0.29, 0.717) is 23.0 Å². The lowest BCUT2D eigenvalue weighted by Gasteiger charge is -2.14. The van der Waals surface area contributed by atoms with Crippen LogP contribution in [0.5, 0.6) is 0 Å². The fourth-order valence-corrected chi connectivity index (χ4v) is 3.05. The van der Waals surface area contributed by atoms with E-state index in [1.165, 1.54) is 4.57 Å². The first-order valence-corrected chi connectivity index (χ1v) is 8.60. The largest absolute Gasteiger partial charge is 0.481 e. The molecular weight excluding hydrogens is 346 g/mol. The average Bonchev–Trinajstić information content (AvgIpc) is 2.92. The minimum absolute atomic E-state index is 0.0201. The zero-order valence-corrected chi connectivity index (χ0v) is 15.2. The lowest BCUT2D eigenvalue weighted by Crippen LogP contribution is -2.34. The lowest BCUT2D eigenvalue weighted by molar-refractivity contribution is -0.141. The lowest BCUT2D eigenvalue weighted by atomic mass is 9.98. The third-order valence-electron chi connectivity index (χ3n) is 4.59. The molecule has 0 saturated carbocycles. The van der Waals surface area contributed by atoms with Crippen LogP contribution in [-0.4, -0.2) is 33.1 Å². The Morgan fingerprint density at radius 1 is 1.22 bits per heavy atom. The van der Waals surface area contributed by atoms with Crippen molar-refractivity contribution in [1.29, 1.82) is 0 Å². The molecule has 3 rings (SSSR count). The summed E-state index contributed by atoms with van der Waals surface area (Å²) in [5, 5.41) is 12.2. The molecule has 0 aliphatic heterocycles. The molecule has 0 spiro atoms. The fourth-order valence-electron chi connectivity index (χ4n) is 3.05. The van der Waals surface area contributed by atoms with Gasteiger partial charge in [0.25, 0.3) is 5.91 Å². The van der Waals surface area contributed by atoms with Gasteiger partial charge in [-0.25, -0.2) is 4.79 Å². The van der Waals surface area contributed by atoms with Crippen molar-refractivity contribution in [2.24, 2.45) is 13.0 Å². The molecule has 1 heterocycles. The molecule has 7 nitrogen and oxygen atoms in total. The summed E-state index contributed by atoms with van der Waals surface area (Å²) in [6, 6.07) is 12.5. The smallest absolute Gasteiger partial charge is 0.326 e. The second kappa shape index (κ2) is 7.49. The predicted molar refractivity (Wildman–Crippen MR) is 102 cm³/mol. The molecule has 0 fully saturated rings. The number of amides is 1. The molecule has 140 valence electrons. The van der Waals surface area contributed by atoms with Gasteiger partial charge in [0.05, 0.1) is 17.0 Å². The van der Waals surface area contributed by atoms with Crippen molar-refractivity contribution >= 4 is 22.9 Å². The Hall–Kier alpha value is -3.35. The van der Waals surface area contributed by atoms with Gasteiger partial charge in [0.1, 0.15) is 0 Å². The van der Waals surface area contributed by atoms with Crippen LogP contribution in [0.1, 0.15) is 21.5 Å². The van der Waals surface area contributed by atoms with Crippen LogP contribution < -0.4 is 11.0 Å². The molecule has 0 radical (unpaired) electrons. The van der Waals surface area contributed by atoms with Gasteiger partial charge < -0.3 is 15.4 Å². The molecule has 3 aromatic rings. The van der Waals surface area contributed by atoms with E-state index in [9.17, 15) is 19.5 Å². The van der Waals surface area contributed by atoms with Crippen LogP contribution in [0.25, 0.3) is 11.0 Å². The molecule has 1 amide bonds. The number of rotatable bonds is 6. The number of carboxylic acids is 1. The highest BCUT2D eigenvalue weighted by Crippen LogP contribution is 2.14. The first-order chi connectivity index (χ1) is 12.8. The Labute approximate surface area is 155 Å². The van der Waals surface area contributed by atoms with E-state index >= 15 is 0 Å². The number of carbonyl (C=O) groups is 2. The van der Waals surface area contributed by atoms with Crippen LogP contribution in [0.2, 0.25) is 0 Å². The summed E-state index contributed by atoms with van der Waals surface area (Å²) in [7, 11) is 1.62. The highest BCUT2D eigenvalue weighted by atomic mass is 16.4. The van der Waals surface area contributed by atoms with Crippen molar-refractivity contribution in [2.45, 2.75) is 13.3 Å². The highest BCUT2D eigenvalue weighted by Gasteiger charge is 2.20. The Kier molecular flexibility index (Phi) is 5.12. The summed E-state index contributed by atoms with van der Waals surface area (Å²) in [6.07, 6.45) is 0.336. The van der Waals surface area contributed by atoms with E-state index in [1.807, 2.05) is 31.2 Å². The van der Waals surface area contributed by atoms with Crippen molar-refractivity contribution in [1.82, 2.24) is 14.9 Å². The first-order valence-electron chi connectivity index (χ1n) is 8.60. The number of imidazole rings is 1. The summed E-state index contributed by atoms with van der Waals surface area (Å²) in [5.41, 5.74) is 3.35. The molecule has 0 saturated heterocycles. The number of aliphatic carboxylic acids is 1. The standard InChI is InChI=1S/C20H21N3O4/c1-12-4-3-5-13(8-12)9-15(19(25)26)11-21-18(24)14-6-7-16-17(10-14)23(2)20(27)22-16/h3-8,10,15H,9,11H2,1-2H3,(H,21,24)(H,22,27)(H,25,26). The van der Waals surface area contributed by atoms with Crippen LogP contribution in [-0.2, 0) is 18.3 Å². The van der Waals surface area contributed by atoms with Gasteiger partial charge in [0, 0.05) is 19.2 Å². The number of nitrogens with one attached hydrogen (secondary N) is 2. The zero-order chi connectivity index (χ0) is 19.6. The number of aryl methyl sites for hydroxylation is 2. The fraction of sp³-hybridized carbons (Fsp3) is 0.250.